The minimum Gasteiger partial charge on any atom is -0.496 e. The van der Waals surface area contributed by atoms with E-state index in [1.165, 1.54) is 0 Å². The van der Waals surface area contributed by atoms with Crippen LogP contribution in [0.2, 0.25) is 0 Å². The number of nitrogens with zero attached hydrogens (tertiary/aromatic N) is 1. The number of carbonyl (C=O) groups is 2. The van der Waals surface area contributed by atoms with E-state index in [9.17, 15) is 9.59 Å². The van der Waals surface area contributed by atoms with Crippen molar-refractivity contribution < 1.29 is 23.8 Å². The predicted octanol–water partition coefficient (Wildman–Crippen LogP) is 4.31. The number of ether oxygens (including phenoxy) is 3. The second-order valence-electron chi connectivity index (χ2n) is 8.47. The van der Waals surface area contributed by atoms with Crippen molar-refractivity contribution in [3.63, 3.8) is 0 Å². The number of hydrogen-bond donors (Lipinski definition) is 0. The Morgan fingerprint density at radius 1 is 1.03 bits per heavy atom. The van der Waals surface area contributed by atoms with Gasteiger partial charge in [-0.15, -0.1) is 0 Å². The lowest BCUT2D eigenvalue weighted by molar-refractivity contribution is -0.0755. The van der Waals surface area contributed by atoms with Crippen molar-refractivity contribution >= 4 is 11.9 Å². The van der Waals surface area contributed by atoms with Crippen LogP contribution >= 0.6 is 0 Å². The molecule has 2 aliphatic rings. The highest BCUT2D eigenvalue weighted by Gasteiger charge is 2.44. The van der Waals surface area contributed by atoms with E-state index in [2.05, 4.69) is 0 Å². The van der Waals surface area contributed by atoms with Gasteiger partial charge in [0.25, 0.3) is 0 Å². The monoisotopic (exact) mass is 423 g/mol. The first kappa shape index (κ1) is 21.4. The van der Waals surface area contributed by atoms with E-state index < -0.39 is 0 Å². The van der Waals surface area contributed by atoms with Crippen LogP contribution in [0.3, 0.4) is 0 Å². The molecule has 2 aromatic carbocycles. The molecule has 0 aromatic heterocycles. The smallest absolute Gasteiger partial charge is 0.410 e. The molecule has 2 saturated heterocycles. The van der Waals surface area contributed by atoms with Crippen LogP contribution in [-0.4, -0.2) is 49.2 Å². The molecule has 2 bridgehead atoms. The number of piperidine rings is 1. The van der Waals surface area contributed by atoms with E-state index in [0.717, 1.165) is 22.4 Å². The molecule has 0 radical (unpaired) electrons. The molecule has 164 valence electrons. The van der Waals surface area contributed by atoms with Gasteiger partial charge in [0.05, 0.1) is 32.4 Å². The summed E-state index contributed by atoms with van der Waals surface area (Å²) in [5.41, 5.74) is 3.57. The van der Waals surface area contributed by atoms with E-state index >= 15 is 0 Å². The minimum absolute atomic E-state index is 0.128. The molecule has 0 saturated carbocycles. The third kappa shape index (κ3) is 4.44. The van der Waals surface area contributed by atoms with Crippen molar-refractivity contribution in [2.24, 2.45) is 5.92 Å². The van der Waals surface area contributed by atoms with Gasteiger partial charge < -0.3 is 14.2 Å². The summed E-state index contributed by atoms with van der Waals surface area (Å²) in [6.45, 7) is 5.01. The summed E-state index contributed by atoms with van der Waals surface area (Å²) in [4.78, 5) is 27.9. The SMILES string of the molecule is COc1c(C)cc(C(=O)C2CC3COCC(C2)N3C(=O)OCc2ccccc2)cc1C. The Morgan fingerprint density at radius 3 is 2.23 bits per heavy atom. The molecule has 2 atom stereocenters. The molecule has 0 aliphatic carbocycles. The maximum atomic E-state index is 13.3. The van der Waals surface area contributed by atoms with E-state index in [-0.39, 0.29) is 36.5 Å². The standard InChI is InChI=1S/C25H29NO5/c1-16-9-19(10-17(2)24(16)29-3)23(27)20-11-21-14-30-15-22(12-20)26(21)25(28)31-13-18-7-5-4-6-8-18/h4-10,20-22H,11-15H2,1-3H3. The van der Waals surface area contributed by atoms with Crippen LogP contribution in [0, 0.1) is 19.8 Å². The van der Waals surface area contributed by atoms with Crippen LogP contribution in [0.15, 0.2) is 42.5 Å². The minimum atomic E-state index is -0.329. The molecule has 6 heteroatoms. The normalized spacial score (nSPS) is 22.7. The average Bonchev–Trinajstić information content (AvgIpc) is 2.76. The molecule has 2 fully saturated rings. The Labute approximate surface area is 183 Å². The zero-order valence-electron chi connectivity index (χ0n) is 18.3. The van der Waals surface area contributed by atoms with Crippen LogP contribution < -0.4 is 4.74 Å². The Kier molecular flexibility index (Phi) is 6.28. The first-order valence-electron chi connectivity index (χ1n) is 10.7. The number of methoxy groups -OCH3 is 1. The lowest BCUT2D eigenvalue weighted by Crippen LogP contribution is -2.59. The fourth-order valence-corrected chi connectivity index (χ4v) is 4.87. The molecule has 0 spiro atoms. The number of benzene rings is 2. The average molecular weight is 424 g/mol. The number of morpholine rings is 1. The molecule has 4 rings (SSSR count). The van der Waals surface area contributed by atoms with Gasteiger partial charge in [0.1, 0.15) is 12.4 Å². The van der Waals surface area contributed by atoms with Gasteiger partial charge in [-0.2, -0.15) is 0 Å². The number of Topliss-reactive ketones (excluding diaryl/α,β-unsaturated/α-hetero) is 1. The van der Waals surface area contributed by atoms with E-state index in [4.69, 9.17) is 14.2 Å². The summed E-state index contributed by atoms with van der Waals surface area (Å²) in [6, 6.07) is 13.1. The van der Waals surface area contributed by atoms with Gasteiger partial charge in [0, 0.05) is 11.5 Å². The molecule has 31 heavy (non-hydrogen) atoms. The van der Waals surface area contributed by atoms with Crippen molar-refractivity contribution in [1.29, 1.82) is 0 Å². The van der Waals surface area contributed by atoms with Gasteiger partial charge >= 0.3 is 6.09 Å². The Hall–Kier alpha value is -2.86. The van der Waals surface area contributed by atoms with Gasteiger partial charge in [-0.05, 0) is 55.5 Å². The predicted molar refractivity (Wildman–Crippen MR) is 116 cm³/mol. The van der Waals surface area contributed by atoms with E-state index in [1.807, 2.05) is 56.3 Å². The largest absolute Gasteiger partial charge is 0.496 e. The molecular weight excluding hydrogens is 394 g/mol. The third-order valence-corrected chi connectivity index (χ3v) is 6.26. The van der Waals surface area contributed by atoms with Crippen molar-refractivity contribution in [1.82, 2.24) is 4.90 Å². The van der Waals surface area contributed by atoms with Gasteiger partial charge in [-0.3, -0.25) is 9.69 Å². The summed E-state index contributed by atoms with van der Waals surface area (Å²) in [5.74, 6) is 0.810. The highest BCUT2D eigenvalue weighted by molar-refractivity contribution is 5.98. The molecule has 2 heterocycles. The summed E-state index contributed by atoms with van der Waals surface area (Å²) >= 11 is 0. The number of ketones is 1. The molecule has 2 unspecified atom stereocenters. The number of hydrogen-bond acceptors (Lipinski definition) is 5. The van der Waals surface area contributed by atoms with Crippen molar-refractivity contribution in [3.8, 4) is 5.75 Å². The van der Waals surface area contributed by atoms with Gasteiger partial charge in [0.15, 0.2) is 5.78 Å². The summed E-state index contributed by atoms with van der Waals surface area (Å²) < 4.78 is 16.7. The van der Waals surface area contributed by atoms with Crippen molar-refractivity contribution in [2.45, 2.75) is 45.4 Å². The van der Waals surface area contributed by atoms with Crippen LogP contribution in [0.4, 0.5) is 4.79 Å². The molecule has 0 N–H and O–H groups in total. The third-order valence-electron chi connectivity index (χ3n) is 6.26. The Balaban J connectivity index is 1.45. The zero-order chi connectivity index (χ0) is 22.0. The van der Waals surface area contributed by atoms with Crippen molar-refractivity contribution in [3.05, 3.63) is 64.7 Å². The molecule has 1 amide bonds. The molecule has 2 aromatic rings. The number of fused-ring (bicyclic) bond motifs is 2. The summed E-state index contributed by atoms with van der Waals surface area (Å²) in [6.07, 6.45) is 0.837. The lowest BCUT2D eigenvalue weighted by atomic mass is 9.80. The van der Waals surface area contributed by atoms with Crippen LogP contribution in [0.5, 0.6) is 5.75 Å². The fourth-order valence-electron chi connectivity index (χ4n) is 4.87. The topological polar surface area (TPSA) is 65.1 Å². The second-order valence-corrected chi connectivity index (χ2v) is 8.47. The summed E-state index contributed by atoms with van der Waals surface area (Å²) in [7, 11) is 1.64. The van der Waals surface area contributed by atoms with Gasteiger partial charge in [-0.25, -0.2) is 4.79 Å². The quantitative estimate of drug-likeness (QED) is 0.671. The highest BCUT2D eigenvalue weighted by Crippen LogP contribution is 2.35. The number of amides is 1. The maximum absolute atomic E-state index is 13.3. The van der Waals surface area contributed by atoms with E-state index in [1.54, 1.807) is 12.0 Å². The number of aryl methyl sites for hydroxylation is 2. The number of carbonyl (C=O) groups excluding carboxylic acids is 2. The highest BCUT2D eigenvalue weighted by atomic mass is 16.6. The molecule has 2 aliphatic heterocycles. The van der Waals surface area contributed by atoms with Crippen LogP contribution in [0.1, 0.15) is 39.9 Å². The Bertz CT molecular complexity index is 921. The van der Waals surface area contributed by atoms with Crippen molar-refractivity contribution in [2.75, 3.05) is 20.3 Å². The Morgan fingerprint density at radius 2 is 1.65 bits per heavy atom. The van der Waals surface area contributed by atoms with Crippen LogP contribution in [-0.2, 0) is 16.1 Å². The van der Waals surface area contributed by atoms with Gasteiger partial charge in [0.2, 0.25) is 0 Å². The maximum Gasteiger partial charge on any atom is 0.410 e. The van der Waals surface area contributed by atoms with Gasteiger partial charge in [-0.1, -0.05) is 30.3 Å². The second kappa shape index (κ2) is 9.10. The molecular formula is C25H29NO5. The zero-order valence-corrected chi connectivity index (χ0v) is 18.3. The fraction of sp³-hybridized carbons (Fsp3) is 0.440. The lowest BCUT2D eigenvalue weighted by Gasteiger charge is -2.47. The van der Waals surface area contributed by atoms with Crippen LogP contribution in [0.25, 0.3) is 0 Å². The number of rotatable bonds is 5. The van der Waals surface area contributed by atoms with E-state index in [0.29, 0.717) is 31.6 Å². The molecule has 6 nitrogen and oxygen atoms in total. The first-order chi connectivity index (χ1) is 15.0. The first-order valence-corrected chi connectivity index (χ1v) is 10.7. The summed E-state index contributed by atoms with van der Waals surface area (Å²) in [5, 5.41) is 0.